The number of nitrogen functional groups attached to an aromatic ring is 1. The van der Waals surface area contributed by atoms with Crippen molar-refractivity contribution in [2.24, 2.45) is 0 Å². The Morgan fingerprint density at radius 1 is 1.14 bits per heavy atom. The van der Waals surface area contributed by atoms with E-state index in [1.165, 1.54) is 0 Å². The standard InChI is InChI=1S/C16H15N3O2/c1-20-14-4-2-3-12(10-14)16-18-15(19-21-16)9-11-5-7-13(17)8-6-11/h2-8,10H,9,17H2,1H3. The molecular formula is C16H15N3O2. The number of methoxy groups -OCH3 is 1. The Balaban J connectivity index is 1.81. The Kier molecular flexibility index (Phi) is 3.55. The van der Waals surface area contributed by atoms with Crippen LogP contribution in [-0.2, 0) is 6.42 Å². The van der Waals surface area contributed by atoms with Crippen molar-refractivity contribution < 1.29 is 9.26 Å². The summed E-state index contributed by atoms with van der Waals surface area (Å²) in [7, 11) is 1.62. The molecule has 0 radical (unpaired) electrons. The molecule has 0 spiro atoms. The van der Waals surface area contributed by atoms with E-state index < -0.39 is 0 Å². The topological polar surface area (TPSA) is 74.2 Å². The largest absolute Gasteiger partial charge is 0.497 e. The summed E-state index contributed by atoms with van der Waals surface area (Å²) in [6.45, 7) is 0. The number of hydrogen-bond donors (Lipinski definition) is 1. The summed E-state index contributed by atoms with van der Waals surface area (Å²) in [6, 6.07) is 15.2. The first-order chi connectivity index (χ1) is 10.2. The second kappa shape index (κ2) is 5.66. The van der Waals surface area contributed by atoms with E-state index in [9.17, 15) is 0 Å². The lowest BCUT2D eigenvalue weighted by Crippen LogP contribution is -1.92. The summed E-state index contributed by atoms with van der Waals surface area (Å²) in [5, 5.41) is 4.01. The smallest absolute Gasteiger partial charge is 0.258 e. The van der Waals surface area contributed by atoms with Gasteiger partial charge in [-0.25, -0.2) is 0 Å². The number of aromatic nitrogens is 2. The van der Waals surface area contributed by atoms with Crippen LogP contribution in [0.25, 0.3) is 11.5 Å². The minimum atomic E-state index is 0.486. The van der Waals surface area contributed by atoms with E-state index in [0.717, 1.165) is 22.6 Å². The molecule has 0 atom stereocenters. The fraction of sp³-hybridized carbons (Fsp3) is 0.125. The third kappa shape index (κ3) is 3.02. The van der Waals surface area contributed by atoms with Crippen LogP contribution in [0.4, 0.5) is 5.69 Å². The molecule has 1 heterocycles. The van der Waals surface area contributed by atoms with Crippen LogP contribution in [0.15, 0.2) is 53.1 Å². The zero-order valence-electron chi connectivity index (χ0n) is 11.6. The predicted molar refractivity (Wildman–Crippen MR) is 79.9 cm³/mol. The fourth-order valence-corrected chi connectivity index (χ4v) is 2.02. The highest BCUT2D eigenvalue weighted by atomic mass is 16.5. The monoisotopic (exact) mass is 281 g/mol. The van der Waals surface area contributed by atoms with Crippen LogP contribution in [0, 0.1) is 0 Å². The lowest BCUT2D eigenvalue weighted by atomic mass is 10.1. The van der Waals surface area contributed by atoms with Crippen molar-refractivity contribution in [2.75, 3.05) is 12.8 Å². The SMILES string of the molecule is COc1cccc(-c2nc(Cc3ccc(N)cc3)no2)c1. The second-order valence-electron chi connectivity index (χ2n) is 4.67. The molecule has 0 saturated heterocycles. The van der Waals surface area contributed by atoms with Crippen molar-refractivity contribution in [3.05, 3.63) is 59.9 Å². The summed E-state index contributed by atoms with van der Waals surface area (Å²) < 4.78 is 10.5. The van der Waals surface area contributed by atoms with Crippen LogP contribution in [0.1, 0.15) is 11.4 Å². The first kappa shape index (κ1) is 13.2. The number of benzene rings is 2. The van der Waals surface area contributed by atoms with Crippen molar-refractivity contribution in [3.8, 4) is 17.2 Å². The van der Waals surface area contributed by atoms with Gasteiger partial charge < -0.3 is 15.0 Å². The molecule has 0 unspecified atom stereocenters. The highest BCUT2D eigenvalue weighted by Gasteiger charge is 2.10. The lowest BCUT2D eigenvalue weighted by Gasteiger charge is -1.99. The molecule has 21 heavy (non-hydrogen) atoms. The molecule has 0 aliphatic carbocycles. The van der Waals surface area contributed by atoms with E-state index in [2.05, 4.69) is 10.1 Å². The molecule has 0 saturated carbocycles. The Morgan fingerprint density at radius 2 is 1.95 bits per heavy atom. The first-order valence-corrected chi connectivity index (χ1v) is 6.56. The zero-order chi connectivity index (χ0) is 14.7. The molecule has 5 nitrogen and oxygen atoms in total. The van der Waals surface area contributed by atoms with Crippen molar-refractivity contribution in [2.45, 2.75) is 6.42 Å². The summed E-state index contributed by atoms with van der Waals surface area (Å²) in [4.78, 5) is 4.41. The summed E-state index contributed by atoms with van der Waals surface area (Å²) in [5.41, 5.74) is 8.33. The number of hydrogen-bond acceptors (Lipinski definition) is 5. The normalized spacial score (nSPS) is 10.5. The van der Waals surface area contributed by atoms with Crippen LogP contribution in [0.5, 0.6) is 5.75 Å². The number of nitrogens with zero attached hydrogens (tertiary/aromatic N) is 2. The minimum absolute atomic E-state index is 0.486. The van der Waals surface area contributed by atoms with Gasteiger partial charge in [0.05, 0.1) is 7.11 Å². The van der Waals surface area contributed by atoms with Gasteiger partial charge in [0.15, 0.2) is 5.82 Å². The Hall–Kier alpha value is -2.82. The van der Waals surface area contributed by atoms with E-state index in [-0.39, 0.29) is 0 Å². The van der Waals surface area contributed by atoms with E-state index in [0.29, 0.717) is 18.1 Å². The highest BCUT2D eigenvalue weighted by molar-refractivity contribution is 5.55. The van der Waals surface area contributed by atoms with Gasteiger partial charge in [0.2, 0.25) is 0 Å². The van der Waals surface area contributed by atoms with Crippen LogP contribution in [-0.4, -0.2) is 17.3 Å². The van der Waals surface area contributed by atoms with Gasteiger partial charge in [-0.05, 0) is 35.9 Å². The van der Waals surface area contributed by atoms with Gasteiger partial charge in [-0.15, -0.1) is 0 Å². The molecule has 5 heteroatoms. The maximum atomic E-state index is 5.67. The summed E-state index contributed by atoms with van der Waals surface area (Å²) in [6.07, 6.45) is 0.605. The number of rotatable bonds is 4. The van der Waals surface area contributed by atoms with Crippen molar-refractivity contribution >= 4 is 5.69 Å². The quantitative estimate of drug-likeness (QED) is 0.744. The molecule has 0 fully saturated rings. The molecule has 3 aromatic rings. The van der Waals surface area contributed by atoms with Gasteiger partial charge in [-0.2, -0.15) is 4.98 Å². The molecule has 2 aromatic carbocycles. The maximum Gasteiger partial charge on any atom is 0.258 e. The highest BCUT2D eigenvalue weighted by Crippen LogP contribution is 2.22. The van der Waals surface area contributed by atoms with Crippen LogP contribution in [0.2, 0.25) is 0 Å². The van der Waals surface area contributed by atoms with Crippen molar-refractivity contribution in [3.63, 3.8) is 0 Å². The van der Waals surface area contributed by atoms with E-state index in [1.807, 2.05) is 48.5 Å². The third-order valence-corrected chi connectivity index (χ3v) is 3.13. The molecule has 0 aliphatic heterocycles. The Labute approximate surface area is 122 Å². The van der Waals surface area contributed by atoms with Crippen LogP contribution >= 0.6 is 0 Å². The molecule has 3 rings (SSSR count). The Bertz CT molecular complexity index is 735. The van der Waals surface area contributed by atoms with E-state index in [4.69, 9.17) is 15.0 Å². The average molecular weight is 281 g/mol. The maximum absolute atomic E-state index is 5.67. The zero-order valence-corrected chi connectivity index (χ0v) is 11.6. The summed E-state index contributed by atoms with van der Waals surface area (Å²) >= 11 is 0. The van der Waals surface area contributed by atoms with Crippen LogP contribution < -0.4 is 10.5 Å². The van der Waals surface area contributed by atoms with Crippen molar-refractivity contribution in [1.29, 1.82) is 0 Å². The molecule has 1 aromatic heterocycles. The molecular weight excluding hydrogens is 266 g/mol. The van der Waals surface area contributed by atoms with Gasteiger partial charge in [0, 0.05) is 17.7 Å². The Morgan fingerprint density at radius 3 is 2.71 bits per heavy atom. The number of nitrogens with two attached hydrogens (primary N) is 1. The predicted octanol–water partition coefficient (Wildman–Crippen LogP) is 2.92. The fourth-order valence-electron chi connectivity index (χ4n) is 2.02. The molecule has 0 amide bonds. The first-order valence-electron chi connectivity index (χ1n) is 6.56. The van der Waals surface area contributed by atoms with Gasteiger partial charge in [0.1, 0.15) is 5.75 Å². The van der Waals surface area contributed by atoms with Crippen LogP contribution in [0.3, 0.4) is 0 Å². The minimum Gasteiger partial charge on any atom is -0.497 e. The van der Waals surface area contributed by atoms with Gasteiger partial charge >= 0.3 is 0 Å². The average Bonchev–Trinajstić information content (AvgIpc) is 2.98. The third-order valence-electron chi connectivity index (χ3n) is 3.13. The van der Waals surface area contributed by atoms with Gasteiger partial charge in [0.25, 0.3) is 5.89 Å². The lowest BCUT2D eigenvalue weighted by molar-refractivity contribution is 0.412. The van der Waals surface area contributed by atoms with Gasteiger partial charge in [-0.1, -0.05) is 23.4 Å². The van der Waals surface area contributed by atoms with Gasteiger partial charge in [-0.3, -0.25) is 0 Å². The molecule has 0 aliphatic rings. The van der Waals surface area contributed by atoms with Crippen molar-refractivity contribution in [1.82, 2.24) is 10.1 Å². The number of ether oxygens (including phenoxy) is 1. The molecule has 0 bridgehead atoms. The summed E-state index contributed by atoms with van der Waals surface area (Å²) in [5.74, 6) is 1.88. The number of anilines is 1. The molecule has 2 N–H and O–H groups in total. The molecule has 106 valence electrons. The van der Waals surface area contributed by atoms with E-state index in [1.54, 1.807) is 7.11 Å². The van der Waals surface area contributed by atoms with E-state index >= 15 is 0 Å². The second-order valence-corrected chi connectivity index (χ2v) is 4.67.